The number of aliphatic hydroxyl groups excluding tert-OH is 1. The molecule has 0 unspecified atom stereocenters. The minimum Gasteiger partial charge on any atom is -0.391 e. The van der Waals surface area contributed by atoms with E-state index in [0.717, 1.165) is 11.1 Å². The highest BCUT2D eigenvalue weighted by Crippen LogP contribution is 2.31. The fourth-order valence-corrected chi connectivity index (χ4v) is 4.06. The average Bonchev–Trinajstić information content (AvgIpc) is 3.35. The first-order chi connectivity index (χ1) is 14.9. The van der Waals surface area contributed by atoms with Gasteiger partial charge in [-0.05, 0) is 49.3 Å². The summed E-state index contributed by atoms with van der Waals surface area (Å²) in [5, 5.41) is 22.7. The quantitative estimate of drug-likeness (QED) is 0.200. The zero-order chi connectivity index (χ0) is 22.1. The van der Waals surface area contributed by atoms with Gasteiger partial charge in [-0.1, -0.05) is 18.2 Å². The molecule has 8 heteroatoms. The molecule has 0 spiro atoms. The van der Waals surface area contributed by atoms with Gasteiger partial charge in [0.25, 0.3) is 5.69 Å². The van der Waals surface area contributed by atoms with E-state index in [0.29, 0.717) is 27.5 Å². The van der Waals surface area contributed by atoms with Crippen LogP contribution in [0.2, 0.25) is 0 Å². The SMILES string of the molecule is Cc1ccc(C(=O)C=Cc2c(-c3ccc(CO)c([N+](=O)[O-])c3)nc3sccn23)cc1C. The van der Waals surface area contributed by atoms with E-state index in [1.165, 1.54) is 29.5 Å². The van der Waals surface area contributed by atoms with E-state index in [-0.39, 0.29) is 17.0 Å². The number of nitro benzene ring substituents is 1. The number of carbonyl (C=O) groups excluding carboxylic acids is 1. The van der Waals surface area contributed by atoms with Crippen LogP contribution in [0.5, 0.6) is 0 Å². The predicted molar refractivity (Wildman–Crippen MR) is 120 cm³/mol. The van der Waals surface area contributed by atoms with Gasteiger partial charge in [0.15, 0.2) is 10.7 Å². The van der Waals surface area contributed by atoms with Gasteiger partial charge in [-0.25, -0.2) is 4.98 Å². The predicted octanol–water partition coefficient (Wildman–Crippen LogP) is 4.98. The van der Waals surface area contributed by atoms with E-state index in [9.17, 15) is 20.0 Å². The molecule has 156 valence electrons. The normalized spacial score (nSPS) is 11.5. The maximum Gasteiger partial charge on any atom is 0.275 e. The number of thiazole rings is 1. The number of allylic oxidation sites excluding steroid dienone is 1. The molecule has 2 heterocycles. The summed E-state index contributed by atoms with van der Waals surface area (Å²) < 4.78 is 1.84. The van der Waals surface area contributed by atoms with Gasteiger partial charge < -0.3 is 5.11 Å². The van der Waals surface area contributed by atoms with E-state index in [4.69, 9.17) is 0 Å². The average molecular weight is 433 g/mol. The number of aromatic nitrogens is 2. The first kappa shape index (κ1) is 20.6. The fraction of sp³-hybridized carbons (Fsp3) is 0.130. The number of nitrogens with zero attached hydrogens (tertiary/aromatic N) is 3. The van der Waals surface area contributed by atoms with Gasteiger partial charge in [0.1, 0.15) is 0 Å². The van der Waals surface area contributed by atoms with Crippen molar-refractivity contribution in [2.75, 3.05) is 0 Å². The number of hydrogen-bond acceptors (Lipinski definition) is 6. The Morgan fingerprint density at radius 1 is 1.23 bits per heavy atom. The molecule has 0 saturated heterocycles. The second kappa shape index (κ2) is 8.25. The number of rotatable bonds is 6. The molecule has 1 N–H and O–H groups in total. The Balaban J connectivity index is 1.78. The van der Waals surface area contributed by atoms with E-state index in [1.54, 1.807) is 18.2 Å². The molecule has 0 amide bonds. The van der Waals surface area contributed by atoms with Crippen LogP contribution in [0.25, 0.3) is 22.3 Å². The van der Waals surface area contributed by atoms with Gasteiger partial charge in [-0.3, -0.25) is 19.3 Å². The van der Waals surface area contributed by atoms with Crippen LogP contribution in [-0.2, 0) is 6.61 Å². The maximum absolute atomic E-state index is 12.7. The summed E-state index contributed by atoms with van der Waals surface area (Å²) in [5.74, 6) is -0.138. The molecule has 0 fully saturated rings. The number of carbonyl (C=O) groups is 1. The smallest absolute Gasteiger partial charge is 0.275 e. The highest BCUT2D eigenvalue weighted by molar-refractivity contribution is 7.15. The van der Waals surface area contributed by atoms with E-state index in [1.807, 2.05) is 42.0 Å². The summed E-state index contributed by atoms with van der Waals surface area (Å²) in [6.07, 6.45) is 5.02. The van der Waals surface area contributed by atoms with Gasteiger partial charge in [-0.2, -0.15) is 0 Å². The number of aliphatic hydroxyl groups is 1. The number of hydrogen-bond donors (Lipinski definition) is 1. The second-order valence-corrected chi connectivity index (χ2v) is 8.03. The fourth-order valence-electron chi connectivity index (χ4n) is 3.34. The standard InChI is InChI=1S/C23H19N3O4S/c1-14-3-4-16(11-15(14)2)21(28)8-7-19-22(24-23-25(19)9-10-31-23)17-5-6-18(13-27)20(12-17)26(29)30/h3-12,27H,13H2,1-2H3. The lowest BCUT2D eigenvalue weighted by Crippen LogP contribution is -1.97. The molecule has 2 aromatic heterocycles. The molecule has 0 bridgehead atoms. The van der Waals surface area contributed by atoms with Crippen LogP contribution in [-0.4, -0.2) is 25.2 Å². The molecule has 0 radical (unpaired) electrons. The van der Waals surface area contributed by atoms with Crippen LogP contribution < -0.4 is 0 Å². The molecule has 0 saturated carbocycles. The summed E-state index contributed by atoms with van der Waals surface area (Å²) in [5.41, 5.74) is 4.54. The molecule has 0 atom stereocenters. The highest BCUT2D eigenvalue weighted by atomic mass is 32.1. The molecule has 31 heavy (non-hydrogen) atoms. The Labute approximate surface area is 182 Å². The Hall–Kier alpha value is -3.62. The summed E-state index contributed by atoms with van der Waals surface area (Å²) in [6, 6.07) is 10.2. The Morgan fingerprint density at radius 3 is 2.74 bits per heavy atom. The number of benzene rings is 2. The topological polar surface area (TPSA) is 97.7 Å². The molecule has 0 aliphatic heterocycles. The minimum absolute atomic E-state index is 0.138. The zero-order valence-corrected chi connectivity index (χ0v) is 17.7. The monoisotopic (exact) mass is 433 g/mol. The summed E-state index contributed by atoms with van der Waals surface area (Å²) in [6.45, 7) is 3.53. The summed E-state index contributed by atoms with van der Waals surface area (Å²) >= 11 is 1.43. The molecular formula is C23H19N3O4S. The third kappa shape index (κ3) is 3.90. The van der Waals surface area contributed by atoms with Crippen molar-refractivity contribution in [2.45, 2.75) is 20.5 Å². The summed E-state index contributed by atoms with van der Waals surface area (Å²) in [7, 11) is 0. The number of aryl methyl sites for hydroxylation is 2. The van der Waals surface area contributed by atoms with Gasteiger partial charge in [-0.15, -0.1) is 11.3 Å². The Kier molecular flexibility index (Phi) is 5.50. The number of nitro groups is 1. The Bertz CT molecular complexity index is 1350. The minimum atomic E-state index is -0.522. The molecule has 7 nitrogen and oxygen atoms in total. The van der Waals surface area contributed by atoms with Crippen molar-refractivity contribution < 1.29 is 14.8 Å². The number of fused-ring (bicyclic) bond motifs is 1. The van der Waals surface area contributed by atoms with Crippen molar-refractivity contribution in [3.8, 4) is 11.3 Å². The van der Waals surface area contributed by atoms with Crippen LogP contribution in [0.3, 0.4) is 0 Å². The van der Waals surface area contributed by atoms with Crippen molar-refractivity contribution in [3.63, 3.8) is 0 Å². The lowest BCUT2D eigenvalue weighted by molar-refractivity contribution is -0.385. The highest BCUT2D eigenvalue weighted by Gasteiger charge is 2.19. The van der Waals surface area contributed by atoms with Crippen molar-refractivity contribution in [1.82, 2.24) is 9.38 Å². The van der Waals surface area contributed by atoms with E-state index < -0.39 is 11.5 Å². The third-order valence-corrected chi connectivity index (χ3v) is 5.97. The maximum atomic E-state index is 12.7. The van der Waals surface area contributed by atoms with Gasteiger partial charge in [0, 0.05) is 28.8 Å². The summed E-state index contributed by atoms with van der Waals surface area (Å²) in [4.78, 5) is 28.9. The van der Waals surface area contributed by atoms with Gasteiger partial charge >= 0.3 is 0 Å². The van der Waals surface area contributed by atoms with Crippen LogP contribution in [0, 0.1) is 24.0 Å². The van der Waals surface area contributed by atoms with Crippen molar-refractivity contribution >= 4 is 33.8 Å². The van der Waals surface area contributed by atoms with Crippen LogP contribution in [0.4, 0.5) is 5.69 Å². The molecule has 0 aliphatic carbocycles. The molecule has 4 rings (SSSR count). The first-order valence-corrected chi connectivity index (χ1v) is 10.4. The zero-order valence-electron chi connectivity index (χ0n) is 16.9. The molecule has 0 aliphatic rings. The second-order valence-electron chi connectivity index (χ2n) is 7.16. The number of imidazole rings is 1. The van der Waals surface area contributed by atoms with Crippen molar-refractivity contribution in [3.05, 3.63) is 92.1 Å². The Morgan fingerprint density at radius 2 is 2.03 bits per heavy atom. The molecule has 4 aromatic rings. The van der Waals surface area contributed by atoms with Crippen LogP contribution in [0.15, 0.2) is 54.1 Å². The number of ketones is 1. The van der Waals surface area contributed by atoms with Crippen molar-refractivity contribution in [2.24, 2.45) is 0 Å². The van der Waals surface area contributed by atoms with E-state index >= 15 is 0 Å². The van der Waals surface area contributed by atoms with Crippen LogP contribution >= 0.6 is 11.3 Å². The lowest BCUT2D eigenvalue weighted by Gasteiger charge is -2.04. The van der Waals surface area contributed by atoms with Crippen LogP contribution in [0.1, 0.15) is 32.7 Å². The van der Waals surface area contributed by atoms with E-state index in [2.05, 4.69) is 4.98 Å². The molecule has 2 aromatic carbocycles. The first-order valence-electron chi connectivity index (χ1n) is 9.53. The third-order valence-electron chi connectivity index (χ3n) is 5.21. The largest absolute Gasteiger partial charge is 0.391 e. The molecular weight excluding hydrogens is 414 g/mol. The van der Waals surface area contributed by atoms with Crippen molar-refractivity contribution in [1.29, 1.82) is 0 Å². The van der Waals surface area contributed by atoms with Gasteiger partial charge in [0.2, 0.25) is 0 Å². The van der Waals surface area contributed by atoms with Gasteiger partial charge in [0.05, 0.1) is 28.5 Å². The lowest BCUT2D eigenvalue weighted by atomic mass is 10.0.